The fraction of sp³-hybridized carbons (Fsp3) is 0.300. The van der Waals surface area contributed by atoms with Crippen LogP contribution in [-0.2, 0) is 4.74 Å². The van der Waals surface area contributed by atoms with E-state index in [0.717, 1.165) is 10.0 Å². The second-order valence-corrected chi connectivity index (χ2v) is 6.84. The Kier molecular flexibility index (Phi) is 7.33. The van der Waals surface area contributed by atoms with Gasteiger partial charge in [-0.1, -0.05) is 28.1 Å². The number of hydrogen-bond acceptors (Lipinski definition) is 3. The van der Waals surface area contributed by atoms with Crippen LogP contribution in [0.4, 0.5) is 9.18 Å². The van der Waals surface area contributed by atoms with E-state index in [0.29, 0.717) is 18.5 Å². The van der Waals surface area contributed by atoms with Crippen molar-refractivity contribution in [2.75, 3.05) is 13.7 Å². The van der Waals surface area contributed by atoms with Crippen molar-refractivity contribution >= 4 is 27.8 Å². The number of carbonyl (C=O) groups excluding carboxylic acids is 2. The van der Waals surface area contributed by atoms with Gasteiger partial charge in [-0.2, -0.15) is 0 Å². The second kappa shape index (κ2) is 9.48. The van der Waals surface area contributed by atoms with Gasteiger partial charge < -0.3 is 9.64 Å². The first kappa shape index (κ1) is 20.1. The molecule has 26 heavy (non-hydrogen) atoms. The normalized spacial score (nSPS) is 11.7. The number of Topliss-reactive ketones (excluding diaryl/α,β-unsaturated/α-hetero) is 1. The molecule has 0 saturated heterocycles. The fourth-order valence-corrected chi connectivity index (χ4v) is 2.94. The maximum atomic E-state index is 12.9. The molecule has 0 fully saturated rings. The lowest BCUT2D eigenvalue weighted by Gasteiger charge is -2.28. The zero-order chi connectivity index (χ0) is 19.1. The van der Waals surface area contributed by atoms with Gasteiger partial charge in [-0.05, 0) is 55.3 Å². The molecule has 0 aromatic heterocycles. The van der Waals surface area contributed by atoms with Gasteiger partial charge in [-0.3, -0.25) is 4.79 Å². The number of carbonyl (C=O) groups is 2. The lowest BCUT2D eigenvalue weighted by molar-refractivity contribution is 0.0941. The molecule has 0 aliphatic rings. The second-order valence-electron chi connectivity index (χ2n) is 5.92. The third-order valence-corrected chi connectivity index (χ3v) is 4.73. The Morgan fingerprint density at radius 1 is 1.12 bits per heavy atom. The summed E-state index contributed by atoms with van der Waals surface area (Å²) in [6.45, 7) is 2.30. The number of benzene rings is 2. The zero-order valence-corrected chi connectivity index (χ0v) is 16.3. The lowest BCUT2D eigenvalue weighted by Crippen LogP contribution is -2.34. The Labute approximate surface area is 161 Å². The van der Waals surface area contributed by atoms with Crippen molar-refractivity contribution in [1.29, 1.82) is 0 Å². The number of halogens is 2. The minimum absolute atomic E-state index is 0.0777. The van der Waals surface area contributed by atoms with Crippen LogP contribution in [0.1, 0.15) is 41.7 Å². The van der Waals surface area contributed by atoms with Crippen LogP contribution in [0.25, 0.3) is 0 Å². The molecule has 0 radical (unpaired) electrons. The molecule has 0 spiro atoms. The standard InChI is InChI=1S/C20H21BrFNO3/c1-14(15-5-9-17(21)10-6-15)23(20(25)26-2)13-3-4-19(24)16-7-11-18(22)12-8-16/h5-12,14H,3-4,13H2,1-2H3/t14-/m0/s1. The molecule has 0 unspecified atom stereocenters. The van der Waals surface area contributed by atoms with E-state index in [1.54, 1.807) is 4.90 Å². The Morgan fingerprint density at radius 2 is 1.73 bits per heavy atom. The molecule has 0 saturated carbocycles. The Hall–Kier alpha value is -2.21. The Morgan fingerprint density at radius 3 is 2.31 bits per heavy atom. The molecule has 4 nitrogen and oxygen atoms in total. The molecule has 0 bridgehead atoms. The molecule has 2 aromatic carbocycles. The lowest BCUT2D eigenvalue weighted by atomic mass is 10.0. The van der Waals surface area contributed by atoms with Gasteiger partial charge in [0, 0.05) is 23.0 Å². The molecule has 2 rings (SSSR count). The molecule has 1 atom stereocenters. The SMILES string of the molecule is COC(=O)N(CCCC(=O)c1ccc(F)cc1)[C@@H](C)c1ccc(Br)cc1. The van der Waals surface area contributed by atoms with Gasteiger partial charge >= 0.3 is 6.09 Å². The van der Waals surface area contributed by atoms with Crippen LogP contribution in [0.3, 0.4) is 0 Å². The maximum absolute atomic E-state index is 12.9. The number of ether oxygens (including phenoxy) is 1. The zero-order valence-electron chi connectivity index (χ0n) is 14.7. The van der Waals surface area contributed by atoms with Crippen LogP contribution in [0.2, 0.25) is 0 Å². The van der Waals surface area contributed by atoms with E-state index < -0.39 is 6.09 Å². The molecular formula is C20H21BrFNO3. The van der Waals surface area contributed by atoms with Crippen molar-refractivity contribution < 1.29 is 18.7 Å². The van der Waals surface area contributed by atoms with E-state index in [-0.39, 0.29) is 24.1 Å². The van der Waals surface area contributed by atoms with E-state index in [9.17, 15) is 14.0 Å². The third-order valence-electron chi connectivity index (χ3n) is 4.20. The molecule has 2 aromatic rings. The third kappa shape index (κ3) is 5.39. The summed E-state index contributed by atoms with van der Waals surface area (Å²) in [6, 6.07) is 13.0. The van der Waals surface area contributed by atoms with Crippen LogP contribution in [0, 0.1) is 5.82 Å². The summed E-state index contributed by atoms with van der Waals surface area (Å²) in [6.07, 6.45) is 0.327. The first-order valence-electron chi connectivity index (χ1n) is 8.31. The maximum Gasteiger partial charge on any atom is 0.409 e. The van der Waals surface area contributed by atoms with E-state index in [4.69, 9.17) is 4.74 Å². The number of rotatable bonds is 7. The number of methoxy groups -OCH3 is 1. The predicted molar refractivity (Wildman–Crippen MR) is 102 cm³/mol. The van der Waals surface area contributed by atoms with Crippen molar-refractivity contribution in [3.63, 3.8) is 0 Å². The average Bonchev–Trinajstić information content (AvgIpc) is 2.65. The van der Waals surface area contributed by atoms with Crippen molar-refractivity contribution in [2.45, 2.75) is 25.8 Å². The molecule has 0 aliphatic carbocycles. The summed E-state index contributed by atoms with van der Waals surface area (Å²) in [7, 11) is 1.34. The van der Waals surface area contributed by atoms with Gasteiger partial charge in [-0.15, -0.1) is 0 Å². The van der Waals surface area contributed by atoms with E-state index in [1.165, 1.54) is 31.4 Å². The van der Waals surface area contributed by atoms with Gasteiger partial charge in [0.25, 0.3) is 0 Å². The number of amides is 1. The summed E-state index contributed by atoms with van der Waals surface area (Å²) < 4.78 is 18.8. The summed E-state index contributed by atoms with van der Waals surface area (Å²) in [4.78, 5) is 25.9. The minimum Gasteiger partial charge on any atom is -0.453 e. The van der Waals surface area contributed by atoms with Crippen LogP contribution in [0.15, 0.2) is 53.0 Å². The summed E-state index contributed by atoms with van der Waals surface area (Å²) >= 11 is 3.39. The average molecular weight is 422 g/mol. The quantitative estimate of drug-likeness (QED) is 0.563. The largest absolute Gasteiger partial charge is 0.453 e. The van der Waals surface area contributed by atoms with Crippen LogP contribution in [-0.4, -0.2) is 30.4 Å². The van der Waals surface area contributed by atoms with E-state index in [2.05, 4.69) is 15.9 Å². The number of hydrogen-bond donors (Lipinski definition) is 0. The van der Waals surface area contributed by atoms with E-state index >= 15 is 0 Å². The topological polar surface area (TPSA) is 46.6 Å². The molecule has 0 heterocycles. The highest BCUT2D eigenvalue weighted by atomic mass is 79.9. The highest BCUT2D eigenvalue weighted by molar-refractivity contribution is 9.10. The highest BCUT2D eigenvalue weighted by Gasteiger charge is 2.22. The first-order valence-corrected chi connectivity index (χ1v) is 9.10. The van der Waals surface area contributed by atoms with Gasteiger partial charge in [0.15, 0.2) is 5.78 Å². The molecule has 0 N–H and O–H groups in total. The Balaban J connectivity index is 1.99. The van der Waals surface area contributed by atoms with Gasteiger partial charge in [-0.25, -0.2) is 9.18 Å². The highest BCUT2D eigenvalue weighted by Crippen LogP contribution is 2.23. The summed E-state index contributed by atoms with van der Waals surface area (Å²) in [5.41, 5.74) is 1.44. The molecule has 6 heteroatoms. The summed E-state index contributed by atoms with van der Waals surface area (Å²) in [5, 5.41) is 0. The summed E-state index contributed by atoms with van der Waals surface area (Å²) in [5.74, 6) is -0.451. The van der Waals surface area contributed by atoms with Crippen molar-refractivity contribution in [3.8, 4) is 0 Å². The van der Waals surface area contributed by atoms with Crippen molar-refractivity contribution in [2.24, 2.45) is 0 Å². The van der Waals surface area contributed by atoms with Crippen LogP contribution < -0.4 is 0 Å². The van der Waals surface area contributed by atoms with Gasteiger partial charge in [0.1, 0.15) is 5.82 Å². The number of nitrogens with zero attached hydrogens (tertiary/aromatic N) is 1. The molecular weight excluding hydrogens is 401 g/mol. The van der Waals surface area contributed by atoms with E-state index in [1.807, 2.05) is 31.2 Å². The van der Waals surface area contributed by atoms with Gasteiger partial charge in [0.2, 0.25) is 0 Å². The van der Waals surface area contributed by atoms with Crippen molar-refractivity contribution in [3.05, 3.63) is 69.9 Å². The fourth-order valence-electron chi connectivity index (χ4n) is 2.67. The monoisotopic (exact) mass is 421 g/mol. The Bertz CT molecular complexity index is 747. The molecule has 138 valence electrons. The van der Waals surface area contributed by atoms with Crippen LogP contribution in [0.5, 0.6) is 0 Å². The predicted octanol–water partition coefficient (Wildman–Crippen LogP) is 5.38. The number of ketones is 1. The van der Waals surface area contributed by atoms with Crippen LogP contribution >= 0.6 is 15.9 Å². The molecule has 1 amide bonds. The van der Waals surface area contributed by atoms with Crippen molar-refractivity contribution in [1.82, 2.24) is 4.90 Å². The minimum atomic E-state index is -0.436. The van der Waals surface area contributed by atoms with Gasteiger partial charge in [0.05, 0.1) is 13.2 Å². The smallest absolute Gasteiger partial charge is 0.409 e. The first-order chi connectivity index (χ1) is 12.4. The molecule has 0 aliphatic heterocycles.